The number of hydrogen-bond donors (Lipinski definition) is 1. The number of halogens is 1. The van der Waals surface area contributed by atoms with Crippen molar-refractivity contribution in [3.8, 4) is 0 Å². The Bertz CT molecular complexity index is 466. The molecule has 1 saturated heterocycles. The molecule has 0 bridgehead atoms. The number of piperazine rings is 1. The second kappa shape index (κ2) is 8.18. The summed E-state index contributed by atoms with van der Waals surface area (Å²) in [4.78, 5) is 2.61. The van der Waals surface area contributed by atoms with Gasteiger partial charge in [-0.15, -0.1) is 12.4 Å². The van der Waals surface area contributed by atoms with Crippen LogP contribution in [0.3, 0.4) is 0 Å². The largest absolute Gasteiger partial charge is 0.314 e. The molecular formula is C18H23ClN2. The lowest BCUT2D eigenvalue weighted by Crippen LogP contribution is -2.51. The van der Waals surface area contributed by atoms with Crippen LogP contribution in [0.5, 0.6) is 0 Å². The summed E-state index contributed by atoms with van der Waals surface area (Å²) < 4.78 is 0. The highest BCUT2D eigenvalue weighted by molar-refractivity contribution is 5.85. The van der Waals surface area contributed by atoms with E-state index in [0.29, 0.717) is 6.04 Å². The quantitative estimate of drug-likeness (QED) is 0.933. The van der Waals surface area contributed by atoms with Gasteiger partial charge in [-0.3, -0.25) is 4.90 Å². The zero-order chi connectivity index (χ0) is 13.6. The molecule has 1 fully saturated rings. The highest BCUT2D eigenvalue weighted by atomic mass is 35.5. The molecule has 2 aromatic carbocycles. The standard InChI is InChI=1S/C18H22N2.ClH/c1-3-7-16(8-4-1)13-18-14-19-11-12-20(18)15-17-9-5-2-6-10-17;/h1-10,18-19H,11-15H2;1H. The molecule has 3 rings (SSSR count). The van der Waals surface area contributed by atoms with Gasteiger partial charge in [-0.05, 0) is 17.5 Å². The molecule has 1 aliphatic heterocycles. The average molecular weight is 303 g/mol. The van der Waals surface area contributed by atoms with Gasteiger partial charge in [0.1, 0.15) is 0 Å². The first-order chi connectivity index (χ1) is 9.92. The highest BCUT2D eigenvalue weighted by Gasteiger charge is 2.22. The number of nitrogens with one attached hydrogen (secondary N) is 1. The van der Waals surface area contributed by atoms with E-state index in [1.165, 1.54) is 11.1 Å². The normalized spacial score (nSPS) is 19.0. The minimum atomic E-state index is 0. The third-order valence-electron chi connectivity index (χ3n) is 4.01. The SMILES string of the molecule is Cl.c1ccc(CC2CNCCN2Cc2ccccc2)cc1. The molecule has 0 amide bonds. The molecule has 0 saturated carbocycles. The summed E-state index contributed by atoms with van der Waals surface area (Å²) in [6, 6.07) is 22.2. The number of rotatable bonds is 4. The first-order valence-electron chi connectivity index (χ1n) is 7.44. The summed E-state index contributed by atoms with van der Waals surface area (Å²) in [5, 5.41) is 3.53. The van der Waals surface area contributed by atoms with Gasteiger partial charge >= 0.3 is 0 Å². The van der Waals surface area contributed by atoms with Crippen LogP contribution in [0.4, 0.5) is 0 Å². The number of hydrogen-bond acceptors (Lipinski definition) is 2. The van der Waals surface area contributed by atoms with E-state index in [2.05, 4.69) is 70.9 Å². The van der Waals surface area contributed by atoms with Crippen LogP contribution in [0.1, 0.15) is 11.1 Å². The van der Waals surface area contributed by atoms with E-state index < -0.39 is 0 Å². The van der Waals surface area contributed by atoms with E-state index in [1.807, 2.05) is 0 Å². The van der Waals surface area contributed by atoms with Gasteiger partial charge in [0.2, 0.25) is 0 Å². The van der Waals surface area contributed by atoms with E-state index in [4.69, 9.17) is 0 Å². The molecule has 1 aliphatic rings. The lowest BCUT2D eigenvalue weighted by molar-refractivity contribution is 0.152. The fourth-order valence-electron chi connectivity index (χ4n) is 2.92. The zero-order valence-corrected chi connectivity index (χ0v) is 13.1. The molecule has 112 valence electrons. The van der Waals surface area contributed by atoms with E-state index in [-0.39, 0.29) is 12.4 Å². The summed E-state index contributed by atoms with van der Waals surface area (Å²) in [6.45, 7) is 4.37. The van der Waals surface area contributed by atoms with E-state index >= 15 is 0 Å². The van der Waals surface area contributed by atoms with Crippen molar-refractivity contribution in [3.05, 3.63) is 71.8 Å². The van der Waals surface area contributed by atoms with Crippen molar-refractivity contribution in [1.29, 1.82) is 0 Å². The van der Waals surface area contributed by atoms with Gasteiger partial charge < -0.3 is 5.32 Å². The van der Waals surface area contributed by atoms with Gasteiger partial charge in [-0.1, -0.05) is 60.7 Å². The van der Waals surface area contributed by atoms with E-state index in [1.54, 1.807) is 0 Å². The summed E-state index contributed by atoms with van der Waals surface area (Å²) in [5.41, 5.74) is 2.84. The minimum Gasteiger partial charge on any atom is -0.314 e. The maximum Gasteiger partial charge on any atom is 0.0265 e. The van der Waals surface area contributed by atoms with E-state index in [0.717, 1.165) is 32.6 Å². The second-order valence-electron chi connectivity index (χ2n) is 5.50. The van der Waals surface area contributed by atoms with Gasteiger partial charge in [-0.2, -0.15) is 0 Å². The number of benzene rings is 2. The lowest BCUT2D eigenvalue weighted by atomic mass is 10.0. The molecule has 0 aromatic heterocycles. The molecule has 1 atom stereocenters. The second-order valence-corrected chi connectivity index (χ2v) is 5.50. The van der Waals surface area contributed by atoms with Gasteiger partial charge in [0, 0.05) is 32.2 Å². The van der Waals surface area contributed by atoms with Crippen LogP contribution >= 0.6 is 12.4 Å². The third-order valence-corrected chi connectivity index (χ3v) is 4.01. The molecule has 3 heteroatoms. The first-order valence-corrected chi connectivity index (χ1v) is 7.44. The van der Waals surface area contributed by atoms with Crippen molar-refractivity contribution < 1.29 is 0 Å². The van der Waals surface area contributed by atoms with Crippen molar-refractivity contribution in [3.63, 3.8) is 0 Å². The minimum absolute atomic E-state index is 0. The Hall–Kier alpha value is -1.35. The molecule has 1 heterocycles. The van der Waals surface area contributed by atoms with Crippen molar-refractivity contribution >= 4 is 12.4 Å². The predicted octanol–water partition coefficient (Wildman–Crippen LogP) is 3.12. The van der Waals surface area contributed by atoms with Crippen LogP contribution < -0.4 is 5.32 Å². The van der Waals surface area contributed by atoms with Crippen molar-refractivity contribution in [1.82, 2.24) is 10.2 Å². The Labute approximate surface area is 133 Å². The molecule has 0 spiro atoms. The Morgan fingerprint density at radius 1 is 0.905 bits per heavy atom. The van der Waals surface area contributed by atoms with Gasteiger partial charge in [0.25, 0.3) is 0 Å². The average Bonchev–Trinajstić information content (AvgIpc) is 2.51. The van der Waals surface area contributed by atoms with Crippen LogP contribution in [-0.2, 0) is 13.0 Å². The molecule has 1 unspecified atom stereocenters. The fraction of sp³-hybridized carbons (Fsp3) is 0.333. The Morgan fingerprint density at radius 3 is 2.19 bits per heavy atom. The van der Waals surface area contributed by atoms with Crippen LogP contribution in [0.15, 0.2) is 60.7 Å². The Kier molecular flexibility index (Phi) is 6.24. The molecule has 0 aliphatic carbocycles. The molecule has 0 radical (unpaired) electrons. The molecule has 2 nitrogen and oxygen atoms in total. The van der Waals surface area contributed by atoms with Crippen molar-refractivity contribution in [2.75, 3.05) is 19.6 Å². The Balaban J connectivity index is 0.00000161. The maximum atomic E-state index is 3.53. The summed E-state index contributed by atoms with van der Waals surface area (Å²) in [5.74, 6) is 0. The Morgan fingerprint density at radius 2 is 1.52 bits per heavy atom. The maximum absolute atomic E-state index is 3.53. The van der Waals surface area contributed by atoms with Crippen LogP contribution in [0.25, 0.3) is 0 Å². The molecule has 2 aromatic rings. The first kappa shape index (κ1) is 16.0. The highest BCUT2D eigenvalue weighted by Crippen LogP contribution is 2.14. The van der Waals surface area contributed by atoms with E-state index in [9.17, 15) is 0 Å². The monoisotopic (exact) mass is 302 g/mol. The van der Waals surface area contributed by atoms with Crippen LogP contribution in [-0.4, -0.2) is 30.6 Å². The predicted molar refractivity (Wildman–Crippen MR) is 90.9 cm³/mol. The molecule has 1 N–H and O–H groups in total. The smallest absolute Gasteiger partial charge is 0.0265 e. The lowest BCUT2D eigenvalue weighted by Gasteiger charge is -2.36. The van der Waals surface area contributed by atoms with Gasteiger partial charge in [-0.25, -0.2) is 0 Å². The number of nitrogens with zero attached hydrogens (tertiary/aromatic N) is 1. The summed E-state index contributed by atoms with van der Waals surface area (Å²) in [6.07, 6.45) is 1.13. The van der Waals surface area contributed by atoms with Crippen LogP contribution in [0.2, 0.25) is 0 Å². The fourth-order valence-corrected chi connectivity index (χ4v) is 2.92. The van der Waals surface area contributed by atoms with Gasteiger partial charge in [0.05, 0.1) is 0 Å². The summed E-state index contributed by atoms with van der Waals surface area (Å²) in [7, 11) is 0. The van der Waals surface area contributed by atoms with Crippen molar-refractivity contribution in [2.24, 2.45) is 0 Å². The molecule has 21 heavy (non-hydrogen) atoms. The molecular weight excluding hydrogens is 280 g/mol. The van der Waals surface area contributed by atoms with Crippen molar-refractivity contribution in [2.45, 2.75) is 19.0 Å². The third kappa shape index (κ3) is 4.57. The van der Waals surface area contributed by atoms with Crippen LogP contribution in [0, 0.1) is 0 Å². The summed E-state index contributed by atoms with van der Waals surface area (Å²) >= 11 is 0. The zero-order valence-electron chi connectivity index (χ0n) is 12.2. The topological polar surface area (TPSA) is 15.3 Å². The van der Waals surface area contributed by atoms with Gasteiger partial charge in [0.15, 0.2) is 0 Å².